The molecule has 1 saturated carbocycles. The zero-order chi connectivity index (χ0) is 14.5. The molecule has 0 bridgehead atoms. The van der Waals surface area contributed by atoms with Gasteiger partial charge in [-0.15, -0.1) is 0 Å². The van der Waals surface area contributed by atoms with Crippen LogP contribution in [0.15, 0.2) is 0 Å². The molecule has 4 nitrogen and oxygen atoms in total. The van der Waals surface area contributed by atoms with Gasteiger partial charge in [-0.2, -0.15) is 0 Å². The van der Waals surface area contributed by atoms with E-state index >= 15 is 0 Å². The highest BCUT2D eigenvalue weighted by Gasteiger charge is 2.33. The standard InChI is InChI=1S/C16H30N2O2/c1-15(8-10-20-11-9-15)13-18-14(19)12-16(17-2)6-4-3-5-7-16/h17H,3-13H2,1-2H3,(H,18,19). The highest BCUT2D eigenvalue weighted by atomic mass is 16.5. The zero-order valence-corrected chi connectivity index (χ0v) is 13.1. The Balaban J connectivity index is 1.79. The van der Waals surface area contributed by atoms with Crippen molar-refractivity contribution in [1.82, 2.24) is 10.6 Å². The molecule has 1 saturated heterocycles. The number of carbonyl (C=O) groups is 1. The molecule has 0 aromatic rings. The Labute approximate surface area is 123 Å². The Kier molecular flexibility index (Phi) is 5.44. The molecule has 2 fully saturated rings. The van der Waals surface area contributed by atoms with E-state index in [4.69, 9.17) is 4.74 Å². The predicted octanol–water partition coefficient (Wildman–Crippen LogP) is 2.23. The third-order valence-corrected chi connectivity index (χ3v) is 5.25. The van der Waals surface area contributed by atoms with Gasteiger partial charge in [-0.05, 0) is 38.1 Å². The number of hydrogen-bond donors (Lipinski definition) is 2. The maximum atomic E-state index is 12.3. The van der Waals surface area contributed by atoms with Crippen molar-refractivity contribution in [3.05, 3.63) is 0 Å². The van der Waals surface area contributed by atoms with Gasteiger partial charge in [0.05, 0.1) is 0 Å². The van der Waals surface area contributed by atoms with E-state index in [0.29, 0.717) is 6.42 Å². The van der Waals surface area contributed by atoms with Crippen LogP contribution < -0.4 is 10.6 Å². The van der Waals surface area contributed by atoms with Gasteiger partial charge in [-0.1, -0.05) is 26.2 Å². The van der Waals surface area contributed by atoms with Gasteiger partial charge < -0.3 is 15.4 Å². The number of ether oxygens (including phenoxy) is 1. The van der Waals surface area contributed by atoms with E-state index in [-0.39, 0.29) is 16.9 Å². The maximum absolute atomic E-state index is 12.3. The molecule has 0 atom stereocenters. The van der Waals surface area contributed by atoms with Crippen molar-refractivity contribution in [2.24, 2.45) is 5.41 Å². The fraction of sp³-hybridized carbons (Fsp3) is 0.938. The first-order valence-corrected chi connectivity index (χ1v) is 8.11. The first-order chi connectivity index (χ1) is 9.58. The van der Waals surface area contributed by atoms with Crippen LogP contribution in [-0.2, 0) is 9.53 Å². The molecule has 2 rings (SSSR count). The normalized spacial score (nSPS) is 25.1. The van der Waals surface area contributed by atoms with Gasteiger partial charge >= 0.3 is 0 Å². The molecule has 116 valence electrons. The molecular formula is C16H30N2O2. The summed E-state index contributed by atoms with van der Waals surface area (Å²) in [6, 6.07) is 0. The largest absolute Gasteiger partial charge is 0.381 e. The van der Waals surface area contributed by atoms with E-state index in [9.17, 15) is 4.79 Å². The van der Waals surface area contributed by atoms with Crippen molar-refractivity contribution in [1.29, 1.82) is 0 Å². The predicted molar refractivity (Wildman–Crippen MR) is 80.7 cm³/mol. The maximum Gasteiger partial charge on any atom is 0.221 e. The molecule has 0 spiro atoms. The summed E-state index contributed by atoms with van der Waals surface area (Å²) in [6.45, 7) is 4.69. The van der Waals surface area contributed by atoms with Crippen molar-refractivity contribution in [3.8, 4) is 0 Å². The lowest BCUT2D eigenvalue weighted by Gasteiger charge is -2.37. The second-order valence-corrected chi connectivity index (χ2v) is 6.97. The Bertz CT molecular complexity index is 318. The van der Waals surface area contributed by atoms with Crippen LogP contribution in [0, 0.1) is 5.41 Å². The van der Waals surface area contributed by atoms with Gasteiger partial charge in [0.25, 0.3) is 0 Å². The minimum atomic E-state index is 0.0406. The molecule has 20 heavy (non-hydrogen) atoms. The average Bonchev–Trinajstić information content (AvgIpc) is 2.47. The van der Waals surface area contributed by atoms with Gasteiger partial charge in [0, 0.05) is 31.7 Å². The van der Waals surface area contributed by atoms with Crippen LogP contribution in [0.2, 0.25) is 0 Å². The summed E-state index contributed by atoms with van der Waals surface area (Å²) in [7, 11) is 2.00. The average molecular weight is 282 g/mol. The molecule has 0 aromatic carbocycles. The Morgan fingerprint density at radius 1 is 1.10 bits per heavy atom. The van der Waals surface area contributed by atoms with Crippen molar-refractivity contribution < 1.29 is 9.53 Å². The molecule has 4 heteroatoms. The smallest absolute Gasteiger partial charge is 0.221 e. The Morgan fingerprint density at radius 3 is 2.35 bits per heavy atom. The molecular weight excluding hydrogens is 252 g/mol. The second-order valence-electron chi connectivity index (χ2n) is 6.97. The fourth-order valence-electron chi connectivity index (χ4n) is 3.47. The summed E-state index contributed by atoms with van der Waals surface area (Å²) in [5.74, 6) is 0.203. The zero-order valence-electron chi connectivity index (χ0n) is 13.1. The van der Waals surface area contributed by atoms with Crippen LogP contribution in [0.4, 0.5) is 0 Å². The van der Waals surface area contributed by atoms with Gasteiger partial charge in [-0.25, -0.2) is 0 Å². The molecule has 0 radical (unpaired) electrons. The van der Waals surface area contributed by atoms with Crippen LogP contribution in [0.5, 0.6) is 0 Å². The van der Waals surface area contributed by atoms with Gasteiger partial charge in [0.2, 0.25) is 5.91 Å². The molecule has 1 amide bonds. The molecule has 1 aliphatic carbocycles. The van der Waals surface area contributed by atoms with Crippen LogP contribution in [0.1, 0.15) is 58.3 Å². The highest BCUT2D eigenvalue weighted by molar-refractivity contribution is 5.77. The van der Waals surface area contributed by atoms with Crippen LogP contribution in [0.3, 0.4) is 0 Å². The lowest BCUT2D eigenvalue weighted by molar-refractivity contribution is -0.123. The SMILES string of the molecule is CNC1(CC(=O)NCC2(C)CCOCC2)CCCCC1. The molecule has 0 aromatic heterocycles. The minimum Gasteiger partial charge on any atom is -0.381 e. The van der Waals surface area contributed by atoms with Crippen molar-refractivity contribution in [2.45, 2.75) is 63.8 Å². The highest BCUT2D eigenvalue weighted by Crippen LogP contribution is 2.31. The van der Waals surface area contributed by atoms with Gasteiger partial charge in [0.15, 0.2) is 0 Å². The summed E-state index contributed by atoms with van der Waals surface area (Å²) in [6.07, 6.45) is 8.75. The molecule has 0 unspecified atom stereocenters. The summed E-state index contributed by atoms with van der Waals surface area (Å²) < 4.78 is 5.40. The van der Waals surface area contributed by atoms with Crippen molar-refractivity contribution >= 4 is 5.91 Å². The lowest BCUT2D eigenvalue weighted by Crippen LogP contribution is -2.49. The number of rotatable bonds is 5. The number of amides is 1. The summed E-state index contributed by atoms with van der Waals surface area (Å²) >= 11 is 0. The van der Waals surface area contributed by atoms with E-state index < -0.39 is 0 Å². The van der Waals surface area contributed by atoms with Gasteiger partial charge in [0.1, 0.15) is 0 Å². The van der Waals surface area contributed by atoms with Crippen LogP contribution >= 0.6 is 0 Å². The van der Waals surface area contributed by atoms with E-state index in [0.717, 1.165) is 45.4 Å². The quantitative estimate of drug-likeness (QED) is 0.813. The second kappa shape index (κ2) is 6.90. The third-order valence-electron chi connectivity index (χ3n) is 5.25. The first kappa shape index (κ1) is 15.8. The monoisotopic (exact) mass is 282 g/mol. The lowest BCUT2D eigenvalue weighted by atomic mass is 9.79. The van der Waals surface area contributed by atoms with Gasteiger partial charge in [-0.3, -0.25) is 4.79 Å². The van der Waals surface area contributed by atoms with E-state index in [1.54, 1.807) is 0 Å². The van der Waals surface area contributed by atoms with E-state index in [1.165, 1.54) is 19.3 Å². The van der Waals surface area contributed by atoms with Crippen LogP contribution in [0.25, 0.3) is 0 Å². The molecule has 2 aliphatic rings. The molecule has 1 heterocycles. The minimum absolute atomic E-state index is 0.0406. The first-order valence-electron chi connectivity index (χ1n) is 8.11. The summed E-state index contributed by atoms with van der Waals surface area (Å²) in [5, 5.41) is 6.58. The summed E-state index contributed by atoms with van der Waals surface area (Å²) in [5.41, 5.74) is 0.256. The third kappa shape index (κ3) is 4.19. The fourth-order valence-corrected chi connectivity index (χ4v) is 3.47. The number of carbonyl (C=O) groups excluding carboxylic acids is 1. The Hall–Kier alpha value is -0.610. The molecule has 2 N–H and O–H groups in total. The Morgan fingerprint density at radius 2 is 1.75 bits per heavy atom. The van der Waals surface area contributed by atoms with E-state index in [2.05, 4.69) is 17.6 Å². The number of nitrogens with one attached hydrogen (secondary N) is 2. The van der Waals surface area contributed by atoms with Crippen LogP contribution in [-0.4, -0.2) is 38.3 Å². The molecule has 1 aliphatic heterocycles. The topological polar surface area (TPSA) is 50.4 Å². The summed E-state index contributed by atoms with van der Waals surface area (Å²) in [4.78, 5) is 12.3. The van der Waals surface area contributed by atoms with Crippen molar-refractivity contribution in [3.63, 3.8) is 0 Å². The number of hydrogen-bond acceptors (Lipinski definition) is 3. The van der Waals surface area contributed by atoms with E-state index in [1.807, 2.05) is 7.05 Å². The van der Waals surface area contributed by atoms with Crippen molar-refractivity contribution in [2.75, 3.05) is 26.8 Å².